The lowest BCUT2D eigenvalue weighted by Gasteiger charge is -2.55. The van der Waals surface area contributed by atoms with Crippen LogP contribution < -0.4 is 25.0 Å². The SMILES string of the molecule is COc1cc2cc(c1Cl)N(C)C(=O)C[C@H](OC(=O)[C@H](C)N(C)C(=O)CCS[C@H]1CC(=O)N(C[C@H]3CC[C@H](C(=O)NCCOCCOC(=O)Oc4ccc(C)cc4)CC3)C1=O)[C@]1(C)CC[C@H]1[C@H](C)[C@@H]1C[C@@](O)(NC(=O)O1)[C@H](OC)/C=C/CC(C)C2. The first-order valence-electron chi connectivity index (χ1n) is 29.2. The highest BCUT2D eigenvalue weighted by atomic mass is 35.5. The van der Waals surface area contributed by atoms with Crippen LogP contribution in [0.4, 0.5) is 15.3 Å². The van der Waals surface area contributed by atoms with Gasteiger partial charge in [0.2, 0.25) is 29.5 Å². The number of rotatable bonds is 19. The van der Waals surface area contributed by atoms with Gasteiger partial charge >= 0.3 is 18.2 Å². The summed E-state index contributed by atoms with van der Waals surface area (Å²) in [6, 6.07) is 9.57. The Morgan fingerprint density at radius 3 is 2.38 bits per heavy atom. The number of thioether (sulfide) groups is 1. The summed E-state index contributed by atoms with van der Waals surface area (Å²) < 4.78 is 39.3. The van der Waals surface area contributed by atoms with Gasteiger partial charge in [-0.2, -0.15) is 0 Å². The number of halogens is 1. The molecule has 0 spiro atoms. The van der Waals surface area contributed by atoms with Gasteiger partial charge in [-0.1, -0.05) is 62.2 Å². The predicted octanol–water partition coefficient (Wildman–Crippen LogP) is 7.57. The van der Waals surface area contributed by atoms with Crippen LogP contribution in [0, 0.1) is 41.9 Å². The van der Waals surface area contributed by atoms with Crippen LogP contribution in [0.2, 0.25) is 5.02 Å². The summed E-state index contributed by atoms with van der Waals surface area (Å²) in [4.78, 5) is 112. The van der Waals surface area contributed by atoms with Gasteiger partial charge < -0.3 is 53.4 Å². The van der Waals surface area contributed by atoms with Crippen LogP contribution in [0.1, 0.15) is 109 Å². The van der Waals surface area contributed by atoms with Crippen molar-refractivity contribution in [1.29, 1.82) is 0 Å². The second-order valence-corrected chi connectivity index (χ2v) is 25.2. The molecule has 462 valence electrons. The zero-order valence-electron chi connectivity index (χ0n) is 49.8. The number of hydrogen-bond donors (Lipinski definition) is 3. The molecule has 84 heavy (non-hydrogen) atoms. The lowest BCUT2D eigenvalue weighted by molar-refractivity contribution is -0.186. The van der Waals surface area contributed by atoms with E-state index in [-0.39, 0.29) is 117 Å². The molecule has 23 heteroatoms. The van der Waals surface area contributed by atoms with Crippen molar-refractivity contribution in [1.82, 2.24) is 20.4 Å². The number of amides is 6. The van der Waals surface area contributed by atoms with Crippen molar-refractivity contribution in [3.05, 3.63) is 64.7 Å². The number of esters is 1. The minimum absolute atomic E-state index is 0.00371. The quantitative estimate of drug-likeness (QED) is 0.0306. The van der Waals surface area contributed by atoms with E-state index in [2.05, 4.69) is 17.6 Å². The first-order valence-corrected chi connectivity index (χ1v) is 30.6. The fraction of sp³-hybridized carbons (Fsp3) is 0.639. The summed E-state index contributed by atoms with van der Waals surface area (Å²) in [7, 11) is 6.06. The number of allylic oxidation sites excluding steroid dienone is 1. The molecule has 5 aliphatic rings. The molecule has 0 radical (unpaired) electrons. The highest BCUT2D eigenvalue weighted by Crippen LogP contribution is 2.56. The third-order valence-corrected chi connectivity index (χ3v) is 19.3. The van der Waals surface area contributed by atoms with Gasteiger partial charge in [-0.15, -0.1) is 11.8 Å². The summed E-state index contributed by atoms with van der Waals surface area (Å²) in [6.45, 7) is 10.3. The fourth-order valence-electron chi connectivity index (χ4n) is 12.2. The Kier molecular flexibility index (Phi) is 23.0. The van der Waals surface area contributed by atoms with Crippen molar-refractivity contribution < 1.29 is 76.6 Å². The van der Waals surface area contributed by atoms with E-state index < -0.39 is 70.8 Å². The Hall–Kier alpha value is -5.94. The number of nitrogens with zero attached hydrogens (tertiary/aromatic N) is 3. The molecule has 2 aliphatic carbocycles. The van der Waals surface area contributed by atoms with E-state index in [1.165, 1.54) is 47.7 Å². The normalized spacial score (nSPS) is 29.1. The number of ether oxygens (including phenoxy) is 7. The molecule has 3 heterocycles. The van der Waals surface area contributed by atoms with Gasteiger partial charge in [0.05, 0.1) is 37.7 Å². The van der Waals surface area contributed by atoms with Crippen LogP contribution in [-0.4, -0.2) is 165 Å². The van der Waals surface area contributed by atoms with Gasteiger partial charge in [0.1, 0.15) is 47.5 Å². The maximum absolute atomic E-state index is 14.6. The lowest BCUT2D eigenvalue weighted by Crippen LogP contribution is -2.64. The Labute approximate surface area is 501 Å². The van der Waals surface area contributed by atoms with Crippen molar-refractivity contribution >= 4 is 76.8 Å². The zero-order chi connectivity index (χ0) is 61.0. The minimum atomic E-state index is -1.81. The number of alkyl carbamates (subject to hydrolysis) is 1. The molecular weight excluding hydrogens is 1130 g/mol. The predicted molar refractivity (Wildman–Crippen MR) is 313 cm³/mol. The van der Waals surface area contributed by atoms with Crippen LogP contribution in [0.25, 0.3) is 0 Å². The molecule has 2 aromatic carbocycles. The molecule has 1 unspecified atom stereocenters. The van der Waals surface area contributed by atoms with Gasteiger partial charge in [0.15, 0.2) is 5.72 Å². The Morgan fingerprint density at radius 1 is 0.976 bits per heavy atom. The lowest BCUT2D eigenvalue weighted by atomic mass is 9.53. The molecule has 2 saturated carbocycles. The highest BCUT2D eigenvalue weighted by molar-refractivity contribution is 8.00. The van der Waals surface area contributed by atoms with Crippen molar-refractivity contribution in [3.63, 3.8) is 0 Å². The molecule has 3 aliphatic heterocycles. The first kappa shape index (κ1) is 65.6. The Balaban J connectivity index is 0.900. The van der Waals surface area contributed by atoms with Gasteiger partial charge in [0, 0.05) is 70.6 Å². The Bertz CT molecular complexity index is 2730. The fourth-order valence-corrected chi connectivity index (χ4v) is 13.6. The monoisotopic (exact) mass is 1210 g/mol. The molecule has 2 saturated heterocycles. The number of carbonyl (C=O) groups excluding carboxylic acids is 8. The standard InChI is InChI=1S/C61H84ClN5O16S/c1-36-13-19-43(20-14-36)81-59(75)80-27-26-79-25-24-63-55(71)42-17-15-40(16-18-42)35-67-53(70)32-48(56(67)72)84-28-22-51(68)65(6)39(4)57(73)83-50-33-52(69)66(7)45-30-41(31-46(77-8)54(45)62)29-37(2)11-10-12-49(78-9)61(76)34-47(82-58(74)64-61)38(3)44-21-23-60(44,50)5/h10,12-14,19-20,30-31,37-40,42,44,47-50,76H,11,15-18,21-29,32-35H2,1-9H3,(H,63,71)(H,64,74)/b12-10+/t37?,38-,39-,40-,42-,44-,47-,48-,49+,50-,60+,61-/m0/s1. The number of carbonyl (C=O) groups is 8. The van der Waals surface area contributed by atoms with Crippen LogP contribution in [0.15, 0.2) is 48.6 Å². The molecule has 21 nitrogen and oxygen atoms in total. The van der Waals surface area contributed by atoms with E-state index >= 15 is 0 Å². The van der Waals surface area contributed by atoms with Crippen molar-refractivity contribution in [2.75, 3.05) is 71.9 Å². The van der Waals surface area contributed by atoms with E-state index in [9.17, 15) is 43.5 Å². The molecule has 2 aromatic rings. The maximum atomic E-state index is 14.6. The number of nitrogens with one attached hydrogen (secondary N) is 2. The second kappa shape index (κ2) is 29.4. The third-order valence-electron chi connectivity index (χ3n) is 17.7. The molecule has 4 bridgehead atoms. The number of aryl methyl sites for hydroxylation is 1. The number of likely N-dealkylation sites (N-methyl/N-ethyl adjacent to an activating group) is 1. The van der Waals surface area contributed by atoms with Gasteiger partial charge in [-0.05, 0) is 119 Å². The number of anilines is 1. The van der Waals surface area contributed by atoms with E-state index in [1.807, 2.05) is 51.1 Å². The summed E-state index contributed by atoms with van der Waals surface area (Å²) in [6.07, 6.45) is 3.92. The average molecular weight is 1210 g/mol. The first-order chi connectivity index (χ1) is 39.9. The molecular formula is C61H84ClN5O16S. The molecule has 6 amide bonds. The summed E-state index contributed by atoms with van der Waals surface area (Å²) in [5.41, 5.74) is -0.341. The summed E-state index contributed by atoms with van der Waals surface area (Å²) in [5, 5.41) is 17.1. The van der Waals surface area contributed by atoms with E-state index in [0.29, 0.717) is 68.6 Å². The zero-order valence-corrected chi connectivity index (χ0v) is 51.4. The number of benzene rings is 2. The van der Waals surface area contributed by atoms with Crippen molar-refractivity contribution in [2.45, 2.75) is 147 Å². The molecule has 3 N–H and O–H groups in total. The minimum Gasteiger partial charge on any atom is -0.495 e. The summed E-state index contributed by atoms with van der Waals surface area (Å²) >= 11 is 8.12. The number of imide groups is 1. The maximum Gasteiger partial charge on any atom is 0.513 e. The molecule has 4 fully saturated rings. The third kappa shape index (κ3) is 16.3. The number of methoxy groups -OCH3 is 2. The molecule has 7 rings (SSSR count). The van der Waals surface area contributed by atoms with Crippen LogP contribution in [0.3, 0.4) is 0 Å². The largest absolute Gasteiger partial charge is 0.513 e. The number of aliphatic hydroxyl groups is 1. The van der Waals surface area contributed by atoms with Crippen molar-refractivity contribution in [2.24, 2.45) is 35.0 Å². The molecule has 0 aromatic heterocycles. The van der Waals surface area contributed by atoms with Crippen LogP contribution >= 0.6 is 23.4 Å². The van der Waals surface area contributed by atoms with Crippen molar-refractivity contribution in [3.8, 4) is 11.5 Å². The topological polar surface area (TPSA) is 255 Å². The highest BCUT2D eigenvalue weighted by Gasteiger charge is 2.57. The number of fused-ring (bicyclic) bond motifs is 5. The number of hydrogen-bond acceptors (Lipinski definition) is 17. The Morgan fingerprint density at radius 2 is 1.70 bits per heavy atom. The average Bonchev–Trinajstić information content (AvgIpc) is 1.47. The van der Waals surface area contributed by atoms with Gasteiger partial charge in [-0.3, -0.25) is 34.2 Å². The second-order valence-electron chi connectivity index (χ2n) is 23.5. The van der Waals surface area contributed by atoms with E-state index in [4.69, 9.17) is 44.8 Å². The molecule has 10 atom stereocenters. The van der Waals surface area contributed by atoms with E-state index in [1.54, 1.807) is 32.2 Å². The van der Waals surface area contributed by atoms with Gasteiger partial charge in [-0.25, -0.2) is 14.4 Å². The smallest absolute Gasteiger partial charge is 0.495 e. The van der Waals surface area contributed by atoms with Gasteiger partial charge in [0.25, 0.3) is 0 Å². The van der Waals surface area contributed by atoms with E-state index in [0.717, 1.165) is 11.1 Å². The van der Waals surface area contributed by atoms with Crippen LogP contribution in [-0.2, 0) is 58.9 Å². The van der Waals surface area contributed by atoms with Crippen LogP contribution in [0.5, 0.6) is 11.5 Å². The number of likely N-dealkylation sites (tertiary alicyclic amines) is 1. The summed E-state index contributed by atoms with van der Waals surface area (Å²) in [5.74, 6) is -1.96.